The molecule has 0 amide bonds. The highest BCUT2D eigenvalue weighted by molar-refractivity contribution is 7.09. The molecular formula is C14H17N3O2S. The van der Waals surface area contributed by atoms with Crippen molar-refractivity contribution < 1.29 is 9.84 Å². The van der Waals surface area contributed by atoms with E-state index in [1.54, 1.807) is 7.11 Å². The molecule has 2 atom stereocenters. The van der Waals surface area contributed by atoms with Crippen molar-refractivity contribution >= 4 is 16.7 Å². The van der Waals surface area contributed by atoms with Crippen LogP contribution in [0.15, 0.2) is 24.3 Å². The molecule has 1 heterocycles. The Hall–Kier alpha value is -1.50. The highest BCUT2D eigenvalue weighted by atomic mass is 32.1. The Balaban J connectivity index is 1.66. The molecule has 2 N–H and O–H groups in total. The Morgan fingerprint density at radius 1 is 1.45 bits per heavy atom. The molecular weight excluding hydrogens is 274 g/mol. The third kappa shape index (κ3) is 2.67. The molecule has 1 aliphatic carbocycles. The van der Waals surface area contributed by atoms with Crippen LogP contribution in [0.4, 0.5) is 5.13 Å². The van der Waals surface area contributed by atoms with Crippen LogP contribution in [0.3, 0.4) is 0 Å². The zero-order chi connectivity index (χ0) is 13.9. The number of hydrogen-bond donors (Lipinski definition) is 2. The molecule has 5 nitrogen and oxygen atoms in total. The van der Waals surface area contributed by atoms with Crippen molar-refractivity contribution in [2.75, 3.05) is 19.0 Å². The Bertz CT molecular complexity index is 587. The second-order valence-electron chi connectivity index (χ2n) is 4.86. The summed E-state index contributed by atoms with van der Waals surface area (Å²) >= 11 is 1.33. The van der Waals surface area contributed by atoms with Crippen molar-refractivity contribution in [3.63, 3.8) is 0 Å². The lowest BCUT2D eigenvalue weighted by atomic mass is 10.1. The molecule has 0 spiro atoms. The molecule has 106 valence electrons. The minimum Gasteiger partial charge on any atom is -0.386 e. The van der Waals surface area contributed by atoms with Gasteiger partial charge in [-0.2, -0.15) is 4.37 Å². The SMILES string of the molecule is COCCc1nsc(NC2Cc3ccccc3C2O)n1. The van der Waals surface area contributed by atoms with E-state index in [0.29, 0.717) is 13.0 Å². The van der Waals surface area contributed by atoms with Gasteiger partial charge in [0.2, 0.25) is 5.13 Å². The van der Waals surface area contributed by atoms with Crippen LogP contribution in [0.2, 0.25) is 0 Å². The fraction of sp³-hybridized carbons (Fsp3) is 0.429. The summed E-state index contributed by atoms with van der Waals surface area (Å²) in [6.45, 7) is 0.619. The minimum atomic E-state index is -0.488. The van der Waals surface area contributed by atoms with Gasteiger partial charge in [-0.15, -0.1) is 0 Å². The van der Waals surface area contributed by atoms with E-state index in [2.05, 4.69) is 20.7 Å². The maximum atomic E-state index is 10.3. The van der Waals surface area contributed by atoms with E-state index in [4.69, 9.17) is 4.74 Å². The van der Waals surface area contributed by atoms with E-state index in [0.717, 1.165) is 22.9 Å². The number of aromatic nitrogens is 2. The van der Waals surface area contributed by atoms with Gasteiger partial charge in [0.15, 0.2) is 0 Å². The summed E-state index contributed by atoms with van der Waals surface area (Å²) < 4.78 is 9.29. The summed E-state index contributed by atoms with van der Waals surface area (Å²) in [5.41, 5.74) is 2.20. The Morgan fingerprint density at radius 3 is 3.10 bits per heavy atom. The summed E-state index contributed by atoms with van der Waals surface area (Å²) in [6, 6.07) is 7.96. The monoisotopic (exact) mass is 291 g/mol. The summed E-state index contributed by atoms with van der Waals surface area (Å²) in [6.07, 6.45) is 1.03. The quantitative estimate of drug-likeness (QED) is 0.879. The first kappa shape index (κ1) is 13.5. The maximum absolute atomic E-state index is 10.3. The molecule has 0 radical (unpaired) electrons. The van der Waals surface area contributed by atoms with E-state index in [9.17, 15) is 5.11 Å². The molecule has 2 unspecified atom stereocenters. The first-order chi connectivity index (χ1) is 9.78. The van der Waals surface area contributed by atoms with Crippen molar-refractivity contribution in [2.45, 2.75) is 25.0 Å². The van der Waals surface area contributed by atoms with E-state index in [-0.39, 0.29) is 6.04 Å². The van der Waals surface area contributed by atoms with Gasteiger partial charge < -0.3 is 15.2 Å². The van der Waals surface area contributed by atoms with Crippen molar-refractivity contribution in [2.24, 2.45) is 0 Å². The van der Waals surface area contributed by atoms with Gasteiger partial charge in [-0.3, -0.25) is 0 Å². The van der Waals surface area contributed by atoms with E-state index in [1.807, 2.05) is 18.2 Å². The van der Waals surface area contributed by atoms with Gasteiger partial charge in [0.05, 0.1) is 18.8 Å². The molecule has 3 rings (SSSR count). The summed E-state index contributed by atoms with van der Waals surface area (Å²) in [7, 11) is 1.66. The molecule has 0 saturated carbocycles. The number of nitrogens with one attached hydrogen (secondary N) is 1. The second-order valence-corrected chi connectivity index (χ2v) is 5.61. The van der Waals surface area contributed by atoms with Gasteiger partial charge in [-0.05, 0) is 17.5 Å². The third-order valence-electron chi connectivity index (χ3n) is 3.50. The van der Waals surface area contributed by atoms with Crippen molar-refractivity contribution in [3.05, 3.63) is 41.2 Å². The molecule has 1 aliphatic rings. The normalized spacial score (nSPS) is 20.9. The fourth-order valence-electron chi connectivity index (χ4n) is 2.47. The summed E-state index contributed by atoms with van der Waals surface area (Å²) in [5, 5.41) is 14.4. The lowest BCUT2D eigenvalue weighted by Crippen LogP contribution is -2.24. The molecule has 0 fully saturated rings. The zero-order valence-electron chi connectivity index (χ0n) is 11.2. The van der Waals surface area contributed by atoms with Gasteiger partial charge in [0, 0.05) is 25.1 Å². The number of anilines is 1. The average Bonchev–Trinajstić information content (AvgIpc) is 3.03. The highest BCUT2D eigenvalue weighted by Gasteiger charge is 2.31. The van der Waals surface area contributed by atoms with Crippen LogP contribution in [0.1, 0.15) is 23.1 Å². The molecule has 2 aromatic rings. The number of benzene rings is 1. The molecule has 1 aromatic heterocycles. The Morgan fingerprint density at radius 2 is 2.30 bits per heavy atom. The van der Waals surface area contributed by atoms with Gasteiger partial charge in [0.25, 0.3) is 0 Å². The molecule has 0 aliphatic heterocycles. The number of nitrogens with zero attached hydrogens (tertiary/aromatic N) is 2. The minimum absolute atomic E-state index is 0.0318. The third-order valence-corrected chi connectivity index (χ3v) is 4.19. The lowest BCUT2D eigenvalue weighted by Gasteiger charge is -2.15. The molecule has 6 heteroatoms. The van der Waals surface area contributed by atoms with Gasteiger partial charge in [-0.25, -0.2) is 4.98 Å². The number of fused-ring (bicyclic) bond motifs is 1. The summed E-state index contributed by atoms with van der Waals surface area (Å²) in [4.78, 5) is 4.41. The van der Waals surface area contributed by atoms with Crippen LogP contribution in [0.25, 0.3) is 0 Å². The number of methoxy groups -OCH3 is 1. The molecule has 20 heavy (non-hydrogen) atoms. The standard InChI is InChI=1S/C14H17N3O2S/c1-19-7-6-12-16-14(20-17-12)15-11-8-9-4-2-3-5-10(9)13(11)18/h2-5,11,13,18H,6-8H2,1H3,(H,15,16,17). The maximum Gasteiger partial charge on any atom is 0.202 e. The number of rotatable bonds is 5. The van der Waals surface area contributed by atoms with Crippen molar-refractivity contribution in [1.82, 2.24) is 9.36 Å². The van der Waals surface area contributed by atoms with Gasteiger partial charge in [-0.1, -0.05) is 24.3 Å². The second kappa shape index (κ2) is 5.87. The summed E-state index contributed by atoms with van der Waals surface area (Å²) in [5.74, 6) is 0.782. The largest absolute Gasteiger partial charge is 0.386 e. The van der Waals surface area contributed by atoms with Crippen LogP contribution in [0, 0.1) is 0 Å². The van der Waals surface area contributed by atoms with E-state index in [1.165, 1.54) is 17.1 Å². The first-order valence-corrected chi connectivity index (χ1v) is 7.39. The highest BCUT2D eigenvalue weighted by Crippen LogP contribution is 2.33. The topological polar surface area (TPSA) is 67.3 Å². The first-order valence-electron chi connectivity index (χ1n) is 6.62. The Kier molecular flexibility index (Phi) is 3.95. The fourth-order valence-corrected chi connectivity index (χ4v) is 3.14. The zero-order valence-corrected chi connectivity index (χ0v) is 12.1. The van der Waals surface area contributed by atoms with E-state index >= 15 is 0 Å². The van der Waals surface area contributed by atoms with Crippen LogP contribution in [-0.2, 0) is 17.6 Å². The van der Waals surface area contributed by atoms with Crippen LogP contribution in [0.5, 0.6) is 0 Å². The average molecular weight is 291 g/mol. The van der Waals surface area contributed by atoms with Crippen molar-refractivity contribution in [3.8, 4) is 0 Å². The number of aliphatic hydroxyl groups excluding tert-OH is 1. The molecule has 0 saturated heterocycles. The van der Waals surface area contributed by atoms with Crippen LogP contribution >= 0.6 is 11.5 Å². The molecule has 0 bridgehead atoms. The van der Waals surface area contributed by atoms with Crippen LogP contribution in [-0.4, -0.2) is 34.2 Å². The molecule has 1 aromatic carbocycles. The predicted octanol–water partition coefficient (Wildman–Crippen LogP) is 1.80. The smallest absolute Gasteiger partial charge is 0.202 e. The van der Waals surface area contributed by atoms with Gasteiger partial charge >= 0.3 is 0 Å². The number of ether oxygens (including phenoxy) is 1. The Labute approximate surface area is 121 Å². The predicted molar refractivity (Wildman–Crippen MR) is 78.0 cm³/mol. The lowest BCUT2D eigenvalue weighted by molar-refractivity contribution is 0.167. The van der Waals surface area contributed by atoms with Crippen LogP contribution < -0.4 is 5.32 Å². The number of aliphatic hydroxyl groups is 1. The number of hydrogen-bond acceptors (Lipinski definition) is 6. The van der Waals surface area contributed by atoms with E-state index < -0.39 is 6.10 Å². The van der Waals surface area contributed by atoms with Gasteiger partial charge in [0.1, 0.15) is 5.82 Å². The van der Waals surface area contributed by atoms with Crippen molar-refractivity contribution in [1.29, 1.82) is 0 Å².